The largest absolute Gasteiger partial charge is 0.478 e. The Morgan fingerprint density at radius 3 is 2.35 bits per heavy atom. The van der Waals surface area contributed by atoms with Crippen LogP contribution in [0.2, 0.25) is 0 Å². The Morgan fingerprint density at radius 2 is 1.70 bits per heavy atom. The highest BCUT2D eigenvalue weighted by Gasteiger charge is 2.15. The molecule has 0 saturated heterocycles. The molecule has 0 aliphatic rings. The number of carboxylic acids is 1. The molecule has 5 nitrogen and oxygen atoms in total. The van der Waals surface area contributed by atoms with Crippen LogP contribution >= 0.6 is 0 Å². The van der Waals surface area contributed by atoms with Crippen molar-refractivity contribution in [2.45, 2.75) is 6.92 Å². The number of benzene rings is 2. The Balaban J connectivity index is 2.45. The number of amides is 1. The Morgan fingerprint density at radius 1 is 1.05 bits per heavy atom. The van der Waals surface area contributed by atoms with Gasteiger partial charge in [0.2, 0.25) is 0 Å². The van der Waals surface area contributed by atoms with Crippen LogP contribution in [-0.2, 0) is 0 Å². The molecule has 20 heavy (non-hydrogen) atoms. The number of carbonyl (C=O) groups is 2. The minimum atomic E-state index is -1.10. The smallest absolute Gasteiger partial charge is 0.339 e. The van der Waals surface area contributed by atoms with Crippen LogP contribution in [0.15, 0.2) is 42.5 Å². The molecule has 2 aromatic carbocycles. The highest BCUT2D eigenvalue weighted by Crippen LogP contribution is 2.28. The van der Waals surface area contributed by atoms with Crippen molar-refractivity contribution in [1.29, 1.82) is 0 Å². The second-order valence-corrected chi connectivity index (χ2v) is 4.27. The van der Waals surface area contributed by atoms with Gasteiger partial charge in [0.25, 0.3) is 5.91 Å². The van der Waals surface area contributed by atoms with Gasteiger partial charge in [0, 0.05) is 0 Å². The number of ether oxygens (including phenoxy) is 1. The summed E-state index contributed by atoms with van der Waals surface area (Å²) in [7, 11) is 0. The zero-order valence-electron chi connectivity index (χ0n) is 10.8. The highest BCUT2D eigenvalue weighted by molar-refractivity contribution is 5.96. The van der Waals surface area contributed by atoms with E-state index < -0.39 is 11.9 Å². The van der Waals surface area contributed by atoms with Gasteiger partial charge in [0.05, 0.1) is 5.56 Å². The molecule has 0 aliphatic heterocycles. The van der Waals surface area contributed by atoms with Crippen molar-refractivity contribution in [3.63, 3.8) is 0 Å². The van der Waals surface area contributed by atoms with E-state index in [1.807, 2.05) is 0 Å². The number of para-hydroxylation sites is 1. The molecule has 102 valence electrons. The Labute approximate surface area is 115 Å². The number of carbonyl (C=O) groups excluding carboxylic acids is 1. The second kappa shape index (κ2) is 5.44. The van der Waals surface area contributed by atoms with Gasteiger partial charge in [-0.05, 0) is 31.2 Å². The molecule has 0 saturated carbocycles. The van der Waals surface area contributed by atoms with Crippen molar-refractivity contribution in [2.75, 3.05) is 0 Å². The number of aromatic carboxylic acids is 1. The number of hydrogen-bond acceptors (Lipinski definition) is 3. The summed E-state index contributed by atoms with van der Waals surface area (Å²) < 4.78 is 5.54. The third kappa shape index (κ3) is 2.77. The molecule has 0 radical (unpaired) electrons. The first kappa shape index (κ1) is 13.6. The summed E-state index contributed by atoms with van der Waals surface area (Å²) in [6.07, 6.45) is 0. The zero-order valence-corrected chi connectivity index (χ0v) is 10.8. The minimum absolute atomic E-state index is 0.0317. The summed E-state index contributed by atoms with van der Waals surface area (Å²) in [6, 6.07) is 11.2. The molecular weight excluding hydrogens is 258 g/mol. The maximum Gasteiger partial charge on any atom is 0.339 e. The van der Waals surface area contributed by atoms with Gasteiger partial charge in [0.1, 0.15) is 17.1 Å². The SMILES string of the molecule is Cc1ccc(Oc2ccccc2C(N)=O)c(C(=O)O)c1. The molecule has 3 N–H and O–H groups in total. The van der Waals surface area contributed by atoms with E-state index in [0.29, 0.717) is 0 Å². The average Bonchev–Trinajstić information content (AvgIpc) is 2.41. The molecule has 0 unspecified atom stereocenters. The number of hydrogen-bond donors (Lipinski definition) is 2. The monoisotopic (exact) mass is 271 g/mol. The first-order valence-electron chi connectivity index (χ1n) is 5.89. The molecular formula is C15H13NO4. The fourth-order valence-corrected chi connectivity index (χ4v) is 1.78. The third-order valence-electron chi connectivity index (χ3n) is 2.74. The van der Waals surface area contributed by atoms with E-state index in [1.165, 1.54) is 12.1 Å². The number of nitrogens with two attached hydrogens (primary N) is 1. The molecule has 0 atom stereocenters. The lowest BCUT2D eigenvalue weighted by Crippen LogP contribution is -2.12. The van der Waals surface area contributed by atoms with Crippen molar-refractivity contribution < 1.29 is 19.4 Å². The van der Waals surface area contributed by atoms with Gasteiger partial charge in [-0.2, -0.15) is 0 Å². The van der Waals surface area contributed by atoms with Crippen LogP contribution in [0.5, 0.6) is 11.5 Å². The molecule has 0 fully saturated rings. The van der Waals surface area contributed by atoms with Crippen LogP contribution in [0.25, 0.3) is 0 Å². The predicted molar refractivity (Wildman–Crippen MR) is 73.2 cm³/mol. The van der Waals surface area contributed by atoms with E-state index >= 15 is 0 Å². The molecule has 2 rings (SSSR count). The van der Waals surface area contributed by atoms with Gasteiger partial charge in [-0.1, -0.05) is 23.8 Å². The minimum Gasteiger partial charge on any atom is -0.478 e. The van der Waals surface area contributed by atoms with Crippen molar-refractivity contribution >= 4 is 11.9 Å². The van der Waals surface area contributed by atoms with E-state index in [0.717, 1.165) is 5.56 Å². The fraction of sp³-hybridized carbons (Fsp3) is 0.0667. The Bertz CT molecular complexity index is 679. The van der Waals surface area contributed by atoms with Crippen LogP contribution in [0.4, 0.5) is 0 Å². The Kier molecular flexibility index (Phi) is 3.70. The van der Waals surface area contributed by atoms with Crippen LogP contribution in [0, 0.1) is 6.92 Å². The number of rotatable bonds is 4. The molecule has 0 heterocycles. The summed E-state index contributed by atoms with van der Waals surface area (Å²) in [6.45, 7) is 1.79. The second-order valence-electron chi connectivity index (χ2n) is 4.27. The summed E-state index contributed by atoms with van der Waals surface area (Å²) in [5, 5.41) is 9.17. The predicted octanol–water partition coefficient (Wildman–Crippen LogP) is 2.58. The maximum absolute atomic E-state index is 11.3. The van der Waals surface area contributed by atoms with E-state index in [9.17, 15) is 14.7 Å². The lowest BCUT2D eigenvalue weighted by molar-refractivity contribution is 0.0694. The lowest BCUT2D eigenvalue weighted by atomic mass is 10.1. The molecule has 0 aliphatic carbocycles. The molecule has 5 heteroatoms. The summed E-state index contributed by atoms with van der Waals surface area (Å²) >= 11 is 0. The van der Waals surface area contributed by atoms with E-state index in [-0.39, 0.29) is 22.6 Å². The molecule has 1 amide bonds. The van der Waals surface area contributed by atoms with Crippen LogP contribution < -0.4 is 10.5 Å². The van der Waals surface area contributed by atoms with Gasteiger partial charge in [-0.25, -0.2) is 4.79 Å². The van der Waals surface area contributed by atoms with Gasteiger partial charge in [-0.3, -0.25) is 4.79 Å². The van der Waals surface area contributed by atoms with Gasteiger partial charge < -0.3 is 15.6 Å². The molecule has 0 spiro atoms. The lowest BCUT2D eigenvalue weighted by Gasteiger charge is -2.11. The topological polar surface area (TPSA) is 89.6 Å². The van der Waals surface area contributed by atoms with Gasteiger partial charge in [-0.15, -0.1) is 0 Å². The van der Waals surface area contributed by atoms with E-state index in [1.54, 1.807) is 37.3 Å². The number of primary amides is 1. The summed E-state index contributed by atoms with van der Waals surface area (Å²) in [4.78, 5) is 22.5. The Hall–Kier alpha value is -2.82. The van der Waals surface area contributed by atoms with Crippen LogP contribution in [0.1, 0.15) is 26.3 Å². The average molecular weight is 271 g/mol. The van der Waals surface area contributed by atoms with Crippen molar-refractivity contribution in [3.05, 3.63) is 59.2 Å². The summed E-state index contributed by atoms with van der Waals surface area (Å²) in [5.41, 5.74) is 6.29. The molecule has 0 bridgehead atoms. The highest BCUT2D eigenvalue weighted by atomic mass is 16.5. The van der Waals surface area contributed by atoms with Crippen molar-refractivity contribution in [2.24, 2.45) is 5.73 Å². The standard InChI is InChI=1S/C15H13NO4/c1-9-6-7-13(11(8-9)15(18)19)20-12-5-3-2-4-10(12)14(16)17/h2-8H,1H3,(H2,16,17)(H,18,19). The molecule has 0 aromatic heterocycles. The van der Waals surface area contributed by atoms with E-state index in [4.69, 9.17) is 10.5 Å². The van der Waals surface area contributed by atoms with E-state index in [2.05, 4.69) is 0 Å². The zero-order chi connectivity index (χ0) is 14.7. The normalized spacial score (nSPS) is 10.1. The van der Waals surface area contributed by atoms with Crippen molar-refractivity contribution in [1.82, 2.24) is 0 Å². The quantitative estimate of drug-likeness (QED) is 0.894. The molecule has 2 aromatic rings. The fourth-order valence-electron chi connectivity index (χ4n) is 1.78. The summed E-state index contributed by atoms with van der Waals surface area (Å²) in [5.74, 6) is -1.34. The van der Waals surface area contributed by atoms with Gasteiger partial charge >= 0.3 is 5.97 Å². The first-order valence-corrected chi connectivity index (χ1v) is 5.89. The van der Waals surface area contributed by atoms with Gasteiger partial charge in [0.15, 0.2) is 0 Å². The van der Waals surface area contributed by atoms with Crippen molar-refractivity contribution in [3.8, 4) is 11.5 Å². The maximum atomic E-state index is 11.3. The number of carboxylic acid groups (broad SMARTS) is 1. The first-order chi connectivity index (χ1) is 9.49. The third-order valence-corrected chi connectivity index (χ3v) is 2.74. The van der Waals surface area contributed by atoms with Crippen LogP contribution in [-0.4, -0.2) is 17.0 Å². The number of aryl methyl sites for hydroxylation is 1. The van der Waals surface area contributed by atoms with Crippen LogP contribution in [0.3, 0.4) is 0 Å².